The van der Waals surface area contributed by atoms with E-state index in [9.17, 15) is 9.18 Å². The van der Waals surface area contributed by atoms with Crippen molar-refractivity contribution in [3.8, 4) is 17.2 Å². The van der Waals surface area contributed by atoms with Crippen LogP contribution in [-0.2, 0) is 0 Å². The molecule has 1 aromatic heterocycles. The largest absolute Gasteiger partial charge is 0.493 e. The molecule has 0 aliphatic carbocycles. The molecule has 0 bridgehead atoms. The summed E-state index contributed by atoms with van der Waals surface area (Å²) in [5, 5.41) is 10.2. The summed E-state index contributed by atoms with van der Waals surface area (Å²) in [4.78, 5) is 12.3. The fourth-order valence-electron chi connectivity index (χ4n) is 2.15. The predicted octanol–water partition coefficient (Wildman–Crippen LogP) is 4.55. The van der Waals surface area contributed by atoms with Crippen LogP contribution in [0, 0.1) is 11.2 Å². The van der Waals surface area contributed by atoms with Gasteiger partial charge in [0, 0.05) is 11.1 Å². The van der Waals surface area contributed by atoms with E-state index in [2.05, 4.69) is 36.3 Å². The van der Waals surface area contributed by atoms with Crippen molar-refractivity contribution in [3.63, 3.8) is 0 Å². The molecule has 0 aliphatic rings. The van der Waals surface area contributed by atoms with Gasteiger partial charge in [-0.05, 0) is 53.9 Å². The average Bonchev–Trinajstić information content (AvgIpc) is 3.09. The Bertz CT molecular complexity index is 913. The fraction of sp³-hybridized carbons (Fsp3) is 0.250. The van der Waals surface area contributed by atoms with Crippen LogP contribution in [0.25, 0.3) is 11.5 Å². The molecule has 0 aliphatic heterocycles. The molecule has 1 N–H and O–H groups in total. The normalized spacial score (nSPS) is 11.3. The number of hydrogen-bond acceptors (Lipinski definition) is 5. The van der Waals surface area contributed by atoms with Gasteiger partial charge >= 0.3 is 6.01 Å². The summed E-state index contributed by atoms with van der Waals surface area (Å²) in [7, 11) is 0. The standard InChI is InChI=1S/C20H20FN3O3/c1-20(2,3)12-26-16-10-6-13(7-11-16)17(25)22-19-24-23-18(27-19)14-4-8-15(21)9-5-14/h4-11H,12H2,1-3H3,(H,22,24,25). The van der Waals surface area contributed by atoms with Crippen LogP contribution in [0.15, 0.2) is 52.9 Å². The van der Waals surface area contributed by atoms with E-state index >= 15 is 0 Å². The summed E-state index contributed by atoms with van der Waals surface area (Å²) in [6.45, 7) is 6.82. The highest BCUT2D eigenvalue weighted by molar-refractivity contribution is 6.03. The van der Waals surface area contributed by atoms with Gasteiger partial charge in [0.1, 0.15) is 11.6 Å². The van der Waals surface area contributed by atoms with Gasteiger partial charge in [-0.1, -0.05) is 25.9 Å². The minimum Gasteiger partial charge on any atom is -0.493 e. The molecule has 0 saturated carbocycles. The maximum absolute atomic E-state index is 13.0. The smallest absolute Gasteiger partial charge is 0.322 e. The maximum atomic E-state index is 13.0. The summed E-state index contributed by atoms with van der Waals surface area (Å²) in [5.74, 6) is 0.141. The molecule has 7 heteroatoms. The molecule has 0 atom stereocenters. The van der Waals surface area contributed by atoms with Crippen molar-refractivity contribution in [3.05, 3.63) is 59.9 Å². The first-order valence-corrected chi connectivity index (χ1v) is 8.44. The first-order valence-electron chi connectivity index (χ1n) is 8.44. The Morgan fingerprint density at radius 2 is 1.74 bits per heavy atom. The van der Waals surface area contributed by atoms with Gasteiger partial charge in [0.15, 0.2) is 0 Å². The Morgan fingerprint density at radius 3 is 2.37 bits per heavy atom. The zero-order chi connectivity index (χ0) is 19.4. The molecule has 0 spiro atoms. The number of nitrogens with one attached hydrogen (secondary N) is 1. The second-order valence-electron chi connectivity index (χ2n) is 7.25. The number of benzene rings is 2. The highest BCUT2D eigenvalue weighted by Gasteiger charge is 2.14. The van der Waals surface area contributed by atoms with E-state index in [4.69, 9.17) is 9.15 Å². The maximum Gasteiger partial charge on any atom is 0.322 e. The van der Waals surface area contributed by atoms with Crippen molar-refractivity contribution in [1.82, 2.24) is 10.2 Å². The Kier molecular flexibility index (Phi) is 5.21. The van der Waals surface area contributed by atoms with Crippen LogP contribution in [0.5, 0.6) is 5.75 Å². The van der Waals surface area contributed by atoms with Gasteiger partial charge < -0.3 is 9.15 Å². The highest BCUT2D eigenvalue weighted by atomic mass is 19.1. The number of anilines is 1. The van der Waals surface area contributed by atoms with Gasteiger partial charge in [-0.3, -0.25) is 10.1 Å². The topological polar surface area (TPSA) is 77.2 Å². The lowest BCUT2D eigenvalue weighted by atomic mass is 9.99. The number of carbonyl (C=O) groups is 1. The quantitative estimate of drug-likeness (QED) is 0.714. The second-order valence-corrected chi connectivity index (χ2v) is 7.25. The van der Waals surface area contributed by atoms with E-state index in [-0.39, 0.29) is 29.0 Å². The zero-order valence-electron chi connectivity index (χ0n) is 15.3. The van der Waals surface area contributed by atoms with Crippen LogP contribution in [0.4, 0.5) is 10.4 Å². The molecule has 3 rings (SSSR count). The minimum absolute atomic E-state index is 0.0348. The lowest BCUT2D eigenvalue weighted by molar-refractivity contribution is 0.102. The number of rotatable bonds is 5. The van der Waals surface area contributed by atoms with E-state index in [1.807, 2.05) is 0 Å². The molecule has 6 nitrogen and oxygen atoms in total. The third-order valence-corrected chi connectivity index (χ3v) is 3.52. The van der Waals surface area contributed by atoms with Gasteiger partial charge in [-0.15, -0.1) is 5.10 Å². The first kappa shape index (κ1) is 18.6. The lowest BCUT2D eigenvalue weighted by Crippen LogP contribution is -2.17. The Hall–Kier alpha value is -3.22. The van der Waals surface area contributed by atoms with Crippen molar-refractivity contribution in [2.45, 2.75) is 20.8 Å². The number of nitrogens with zero attached hydrogens (tertiary/aromatic N) is 2. The van der Waals surface area contributed by atoms with E-state index in [1.165, 1.54) is 24.3 Å². The van der Waals surface area contributed by atoms with Gasteiger partial charge in [0.25, 0.3) is 5.91 Å². The number of hydrogen-bond donors (Lipinski definition) is 1. The molecule has 0 fully saturated rings. The van der Waals surface area contributed by atoms with E-state index in [0.29, 0.717) is 23.5 Å². The minimum atomic E-state index is -0.383. The fourth-order valence-corrected chi connectivity index (χ4v) is 2.15. The van der Waals surface area contributed by atoms with Crippen LogP contribution < -0.4 is 10.1 Å². The molecule has 1 amide bonds. The molecule has 0 unspecified atom stereocenters. The van der Waals surface area contributed by atoms with Gasteiger partial charge in [-0.2, -0.15) is 0 Å². The number of aromatic nitrogens is 2. The number of amides is 1. The molecule has 1 heterocycles. The zero-order valence-corrected chi connectivity index (χ0v) is 15.3. The molecule has 2 aromatic carbocycles. The Balaban J connectivity index is 1.63. The summed E-state index contributed by atoms with van der Waals surface area (Å²) >= 11 is 0. The summed E-state index contributed by atoms with van der Waals surface area (Å²) in [5.41, 5.74) is 1.04. The molecule has 140 valence electrons. The van der Waals surface area contributed by atoms with Crippen molar-refractivity contribution in [2.24, 2.45) is 5.41 Å². The van der Waals surface area contributed by atoms with Gasteiger partial charge in [-0.25, -0.2) is 4.39 Å². The number of halogens is 1. The Morgan fingerprint density at radius 1 is 1.07 bits per heavy atom. The van der Waals surface area contributed by atoms with Crippen LogP contribution >= 0.6 is 0 Å². The third kappa shape index (κ3) is 5.13. The molecule has 3 aromatic rings. The van der Waals surface area contributed by atoms with Crippen LogP contribution in [0.1, 0.15) is 31.1 Å². The van der Waals surface area contributed by atoms with Crippen molar-refractivity contribution >= 4 is 11.9 Å². The Labute approximate surface area is 156 Å². The third-order valence-electron chi connectivity index (χ3n) is 3.52. The lowest BCUT2D eigenvalue weighted by Gasteiger charge is -2.18. The van der Waals surface area contributed by atoms with Crippen molar-refractivity contribution < 1.29 is 18.3 Å². The summed E-state index contributed by atoms with van der Waals surface area (Å²) in [6.07, 6.45) is 0. The van der Waals surface area contributed by atoms with Gasteiger partial charge in [0.2, 0.25) is 5.89 Å². The van der Waals surface area contributed by atoms with Crippen LogP contribution in [0.3, 0.4) is 0 Å². The first-order chi connectivity index (χ1) is 12.8. The van der Waals surface area contributed by atoms with Crippen molar-refractivity contribution in [1.29, 1.82) is 0 Å². The molecular weight excluding hydrogens is 349 g/mol. The molecular formula is C20H20FN3O3. The van der Waals surface area contributed by atoms with Crippen LogP contribution in [0.2, 0.25) is 0 Å². The summed E-state index contributed by atoms with van der Waals surface area (Å²) < 4.78 is 24.1. The van der Waals surface area contributed by atoms with E-state index < -0.39 is 0 Å². The van der Waals surface area contributed by atoms with Crippen molar-refractivity contribution in [2.75, 3.05) is 11.9 Å². The second kappa shape index (κ2) is 7.57. The van der Waals surface area contributed by atoms with E-state index in [0.717, 1.165) is 0 Å². The van der Waals surface area contributed by atoms with Gasteiger partial charge in [0.05, 0.1) is 6.61 Å². The van der Waals surface area contributed by atoms with Crippen LogP contribution in [-0.4, -0.2) is 22.7 Å². The number of carbonyl (C=O) groups excluding carboxylic acids is 1. The highest BCUT2D eigenvalue weighted by Crippen LogP contribution is 2.21. The monoisotopic (exact) mass is 369 g/mol. The number of ether oxygens (including phenoxy) is 1. The molecule has 0 saturated heterocycles. The SMILES string of the molecule is CC(C)(C)COc1ccc(C(=O)Nc2nnc(-c3ccc(F)cc3)o2)cc1. The molecule has 0 radical (unpaired) electrons. The molecule has 27 heavy (non-hydrogen) atoms. The average molecular weight is 369 g/mol. The predicted molar refractivity (Wildman–Crippen MR) is 99.0 cm³/mol. The summed E-state index contributed by atoms with van der Waals surface area (Å²) in [6, 6.07) is 12.4. The van der Waals surface area contributed by atoms with E-state index in [1.54, 1.807) is 24.3 Å².